The van der Waals surface area contributed by atoms with Gasteiger partial charge >= 0.3 is 0 Å². The lowest BCUT2D eigenvalue weighted by Crippen LogP contribution is -2.13. The molecule has 2 aromatic rings. The van der Waals surface area contributed by atoms with Crippen LogP contribution in [0.3, 0.4) is 0 Å². The maximum atomic E-state index is 6.00. The number of aromatic nitrogens is 3. The van der Waals surface area contributed by atoms with Gasteiger partial charge < -0.3 is 0 Å². The van der Waals surface area contributed by atoms with Crippen LogP contribution in [0.25, 0.3) is 5.65 Å². The van der Waals surface area contributed by atoms with Crippen LogP contribution in [-0.2, 0) is 5.41 Å². The molecule has 0 N–H and O–H groups in total. The quantitative estimate of drug-likeness (QED) is 0.668. The third-order valence-electron chi connectivity index (χ3n) is 1.99. The summed E-state index contributed by atoms with van der Waals surface area (Å²) in [4.78, 5) is 4.40. The van der Waals surface area contributed by atoms with Crippen molar-refractivity contribution in [3.8, 4) is 0 Å². The Morgan fingerprint density at radius 2 is 2.07 bits per heavy atom. The zero-order chi connectivity index (χ0) is 10.3. The minimum Gasteiger partial charge on any atom is -0.219 e. The van der Waals surface area contributed by atoms with Crippen LogP contribution in [0.5, 0.6) is 0 Å². The Labute approximate surface area is 87.7 Å². The Morgan fingerprint density at radius 3 is 2.64 bits per heavy atom. The molecule has 3 nitrogen and oxygen atoms in total. The van der Waals surface area contributed by atoms with E-state index in [2.05, 4.69) is 30.9 Å². The Hall–Kier alpha value is -1.09. The maximum absolute atomic E-state index is 6.00. The van der Waals surface area contributed by atoms with E-state index < -0.39 is 0 Å². The summed E-state index contributed by atoms with van der Waals surface area (Å²) in [6, 6.07) is 3.68. The summed E-state index contributed by atoms with van der Waals surface area (Å²) in [6.07, 6.45) is 1.85. The molecule has 0 spiro atoms. The molecule has 0 amide bonds. The molecule has 0 saturated carbocycles. The number of halogens is 1. The monoisotopic (exact) mass is 209 g/mol. The zero-order valence-electron chi connectivity index (χ0n) is 8.45. The largest absolute Gasteiger partial charge is 0.219 e. The molecule has 0 aliphatic carbocycles. The van der Waals surface area contributed by atoms with Crippen LogP contribution in [0.1, 0.15) is 26.6 Å². The number of fused-ring (bicyclic) bond motifs is 1. The van der Waals surface area contributed by atoms with Crippen molar-refractivity contribution >= 4 is 17.2 Å². The van der Waals surface area contributed by atoms with Crippen molar-refractivity contribution in [2.75, 3.05) is 0 Å². The minimum absolute atomic E-state index is 0.0463. The lowest BCUT2D eigenvalue weighted by Gasteiger charge is -2.11. The fraction of sp³-hybridized carbons (Fsp3) is 0.400. The highest BCUT2D eigenvalue weighted by atomic mass is 35.5. The number of rotatable bonds is 0. The van der Waals surface area contributed by atoms with E-state index in [1.54, 1.807) is 4.52 Å². The predicted molar refractivity (Wildman–Crippen MR) is 56.7 cm³/mol. The normalized spacial score (nSPS) is 12.3. The Kier molecular flexibility index (Phi) is 2.00. The van der Waals surface area contributed by atoms with Crippen LogP contribution in [0.15, 0.2) is 18.3 Å². The average molecular weight is 210 g/mol. The van der Waals surface area contributed by atoms with Gasteiger partial charge in [0.25, 0.3) is 0 Å². The molecule has 0 atom stereocenters. The SMILES string of the molecule is CC(C)(C)c1nc2c(Cl)cccn2n1. The molecule has 2 heterocycles. The maximum Gasteiger partial charge on any atom is 0.174 e. The first kappa shape index (κ1) is 9.46. The van der Waals surface area contributed by atoms with Crippen molar-refractivity contribution in [3.63, 3.8) is 0 Å². The van der Waals surface area contributed by atoms with Crippen LogP contribution in [0, 0.1) is 0 Å². The molecule has 0 saturated heterocycles. The summed E-state index contributed by atoms with van der Waals surface area (Å²) >= 11 is 6.00. The van der Waals surface area contributed by atoms with Crippen LogP contribution in [0.4, 0.5) is 0 Å². The summed E-state index contributed by atoms with van der Waals surface area (Å²) in [5.74, 6) is 0.811. The van der Waals surface area contributed by atoms with Crippen molar-refractivity contribution in [2.45, 2.75) is 26.2 Å². The van der Waals surface area contributed by atoms with Crippen molar-refractivity contribution in [1.82, 2.24) is 14.6 Å². The molecule has 4 heteroatoms. The van der Waals surface area contributed by atoms with E-state index >= 15 is 0 Å². The molecule has 2 aromatic heterocycles. The van der Waals surface area contributed by atoms with Crippen molar-refractivity contribution in [1.29, 1.82) is 0 Å². The molecule has 0 fully saturated rings. The van der Waals surface area contributed by atoms with E-state index in [1.807, 2.05) is 18.3 Å². The van der Waals surface area contributed by atoms with Crippen LogP contribution in [0.2, 0.25) is 5.02 Å². The van der Waals surface area contributed by atoms with Gasteiger partial charge in [-0.3, -0.25) is 0 Å². The van der Waals surface area contributed by atoms with Crippen molar-refractivity contribution in [2.24, 2.45) is 0 Å². The van der Waals surface area contributed by atoms with E-state index in [0.29, 0.717) is 5.02 Å². The van der Waals surface area contributed by atoms with E-state index in [9.17, 15) is 0 Å². The van der Waals surface area contributed by atoms with Crippen LogP contribution in [-0.4, -0.2) is 14.6 Å². The van der Waals surface area contributed by atoms with E-state index in [4.69, 9.17) is 11.6 Å². The summed E-state index contributed by atoms with van der Waals surface area (Å²) in [5, 5.41) is 5.00. The predicted octanol–water partition coefficient (Wildman–Crippen LogP) is 2.68. The van der Waals surface area contributed by atoms with Gasteiger partial charge in [0.05, 0.1) is 5.02 Å². The first-order valence-corrected chi connectivity index (χ1v) is 4.87. The molecule has 2 rings (SSSR count). The van der Waals surface area contributed by atoms with E-state index in [-0.39, 0.29) is 5.41 Å². The van der Waals surface area contributed by atoms with E-state index in [1.165, 1.54) is 0 Å². The number of hydrogen-bond donors (Lipinski definition) is 0. The third kappa shape index (κ3) is 1.48. The Bertz CT molecular complexity index is 468. The molecule has 0 aliphatic rings. The minimum atomic E-state index is -0.0463. The van der Waals surface area contributed by atoms with Gasteiger partial charge in [0, 0.05) is 11.6 Å². The standard InChI is InChI=1S/C10H12ClN3/c1-10(2,3)9-12-8-7(11)5-4-6-14(8)13-9/h4-6H,1-3H3. The number of nitrogens with zero attached hydrogens (tertiary/aromatic N) is 3. The zero-order valence-corrected chi connectivity index (χ0v) is 9.21. The summed E-state index contributed by atoms with van der Waals surface area (Å²) in [7, 11) is 0. The highest BCUT2D eigenvalue weighted by Gasteiger charge is 2.20. The lowest BCUT2D eigenvalue weighted by molar-refractivity contribution is 0.545. The van der Waals surface area contributed by atoms with Gasteiger partial charge in [-0.25, -0.2) is 9.50 Å². The molecule has 0 unspecified atom stereocenters. The third-order valence-corrected chi connectivity index (χ3v) is 2.28. The molecule has 0 aliphatic heterocycles. The van der Waals surface area contributed by atoms with Gasteiger partial charge in [-0.15, -0.1) is 0 Å². The molecule has 0 aromatic carbocycles. The fourth-order valence-corrected chi connectivity index (χ4v) is 1.39. The second kappa shape index (κ2) is 2.95. The van der Waals surface area contributed by atoms with E-state index in [0.717, 1.165) is 11.5 Å². The number of hydrogen-bond acceptors (Lipinski definition) is 2. The summed E-state index contributed by atoms with van der Waals surface area (Å²) in [5.41, 5.74) is 0.675. The first-order chi connectivity index (χ1) is 6.48. The second-order valence-corrected chi connectivity index (χ2v) is 4.72. The molecule has 14 heavy (non-hydrogen) atoms. The molecule has 0 radical (unpaired) electrons. The molecule has 74 valence electrons. The lowest BCUT2D eigenvalue weighted by atomic mass is 9.96. The van der Waals surface area contributed by atoms with Crippen LogP contribution < -0.4 is 0 Å². The Morgan fingerprint density at radius 1 is 1.36 bits per heavy atom. The molecule has 0 bridgehead atoms. The number of pyridine rings is 1. The topological polar surface area (TPSA) is 30.2 Å². The molecular formula is C10H12ClN3. The van der Waals surface area contributed by atoms with Crippen LogP contribution >= 0.6 is 11.6 Å². The average Bonchev–Trinajstić information content (AvgIpc) is 2.48. The van der Waals surface area contributed by atoms with Gasteiger partial charge in [0.15, 0.2) is 11.5 Å². The van der Waals surface area contributed by atoms with Gasteiger partial charge in [-0.2, -0.15) is 5.10 Å². The Balaban J connectivity index is 2.69. The smallest absolute Gasteiger partial charge is 0.174 e. The summed E-state index contributed by atoms with van der Waals surface area (Å²) < 4.78 is 1.71. The summed E-state index contributed by atoms with van der Waals surface area (Å²) in [6.45, 7) is 6.24. The van der Waals surface area contributed by atoms with Crippen molar-refractivity contribution < 1.29 is 0 Å². The van der Waals surface area contributed by atoms with Crippen molar-refractivity contribution in [3.05, 3.63) is 29.2 Å². The van der Waals surface area contributed by atoms with Gasteiger partial charge in [-0.1, -0.05) is 32.4 Å². The fourth-order valence-electron chi connectivity index (χ4n) is 1.19. The highest BCUT2D eigenvalue weighted by Crippen LogP contribution is 2.21. The van der Waals surface area contributed by atoms with Gasteiger partial charge in [0.1, 0.15) is 0 Å². The first-order valence-electron chi connectivity index (χ1n) is 4.50. The highest BCUT2D eigenvalue weighted by molar-refractivity contribution is 6.33. The van der Waals surface area contributed by atoms with Gasteiger partial charge in [0.2, 0.25) is 0 Å². The van der Waals surface area contributed by atoms with Gasteiger partial charge in [-0.05, 0) is 12.1 Å². The molecular weight excluding hydrogens is 198 g/mol. The second-order valence-electron chi connectivity index (χ2n) is 4.31.